The Labute approximate surface area is 579 Å². The zero-order chi connectivity index (χ0) is 65.8. The monoisotopic (exact) mass is 1320 g/mol. The van der Waals surface area contributed by atoms with Crippen molar-refractivity contribution in [3.05, 3.63) is 58.7 Å². The third kappa shape index (κ3) is 10.5. The Morgan fingerprint density at radius 3 is 1.26 bits per heavy atom. The highest BCUT2D eigenvalue weighted by Crippen LogP contribution is 2.72. The van der Waals surface area contributed by atoms with Crippen LogP contribution in [0.2, 0.25) is 0 Å². The molecule has 2 unspecified atom stereocenters. The van der Waals surface area contributed by atoms with Crippen molar-refractivity contribution in [3.8, 4) is 0 Å². The number of aliphatic hydroxyl groups is 2. The molecule has 10 heteroatoms. The smallest absolute Gasteiger partial charge is 0.174 e. The number of fused-ring (bicyclic) bond motifs is 23. The number of aliphatic hydroxyl groups excluding tert-OH is 2. The van der Waals surface area contributed by atoms with Crippen LogP contribution in [0.1, 0.15) is 278 Å². The summed E-state index contributed by atoms with van der Waals surface area (Å²) >= 11 is 0. The maximum absolute atomic E-state index is 13.5. The first-order valence-electron chi connectivity index (χ1n) is 41.5. The molecule has 16 aliphatic carbocycles. The average Bonchev–Trinajstić information content (AvgIpc) is 1.51. The molecular formula is C86H128O10. The molecule has 12 saturated carbocycles. The van der Waals surface area contributed by atoms with Gasteiger partial charge in [0.1, 0.15) is 11.6 Å². The lowest BCUT2D eigenvalue weighted by atomic mass is 9.49. The standard InChI is InChI=1S/C23H34O2.C22H34O3.C22H32O3.C19H28O2/c1-3-22-15-16(2)21-18-8-5-4-7-17(18)9-10-19(21)20(22)11-12-23(22)24-13-6-14-25-23;2*1-2-21-14-19(23)20-16-7-4-3-6-15(16)8-9-17(20)18(21)10-11-22(21)24-12-5-13-25-22;1-2-19-11-16(20)18-13-6-4-3-5-12(13)7-8-14(18)15(19)9-10-17(19)21/h7,18-21H,2-6,8-15H2,1H3;6,16-20,23H,2-5,7-14H2,1H3;6,16-18,20H,2-5,7-14H2,1H3;5,13-16,18,20H,2-4,6-11H2,1H3/t18-,19-,20-,21+,22-;16-,17-,18-,19?,20+,21-;16-,17-,18-,20+,21-;13-,14-,15-,16?,18+,19-/m0000/s1. The summed E-state index contributed by atoms with van der Waals surface area (Å²) in [5.74, 6) is 9.68. The van der Waals surface area contributed by atoms with Crippen LogP contribution in [0.3, 0.4) is 0 Å². The van der Waals surface area contributed by atoms with E-state index in [1.807, 2.05) is 0 Å². The second-order valence-electron chi connectivity index (χ2n) is 35.8. The van der Waals surface area contributed by atoms with Crippen molar-refractivity contribution < 1.29 is 48.2 Å². The maximum Gasteiger partial charge on any atom is 0.174 e. The van der Waals surface area contributed by atoms with Crippen LogP contribution < -0.4 is 0 Å². The second kappa shape index (κ2) is 27.1. The molecule has 0 amide bonds. The summed E-state index contributed by atoms with van der Waals surface area (Å²) in [6, 6.07) is 0. The normalized spacial score (nSPS) is 47.0. The van der Waals surface area contributed by atoms with Gasteiger partial charge in [-0.2, -0.15) is 0 Å². The summed E-state index contributed by atoms with van der Waals surface area (Å²) in [6.45, 7) is 18.8. The van der Waals surface area contributed by atoms with Crippen LogP contribution in [0.5, 0.6) is 0 Å². The molecule has 3 saturated heterocycles. The highest BCUT2D eigenvalue weighted by molar-refractivity contribution is 5.87. The van der Waals surface area contributed by atoms with Gasteiger partial charge in [0.25, 0.3) is 0 Å². The van der Waals surface area contributed by atoms with Crippen LogP contribution in [-0.4, -0.2) is 91.0 Å². The number of Topliss-reactive ketones (excluding diaryl/α,β-unsaturated/α-hetero) is 2. The SMILES string of the molecule is C=C1C[C@@]2(CC)[C@@H](CCC23OCCCO3)[C@@H]2CCC3=CCCC[C@@H]3[C@@H]12.CC[C@]12CC(=O)[C@H]3[C@@H](CCC4=CCCC[C@@H]43)[C@@H]1CCC21OCCCO1.CC[C@]12CC(O)[C@H]3[C@@H](CCC4=CCCC[C@@H]43)[C@@H]1CCC21OCCCO1.CC[C@]12CC(O)[C@H]3[C@@H](CCC4=CCCC[C@@H]43)[C@@H]1CCC2=O. The van der Waals surface area contributed by atoms with E-state index in [1.165, 1.54) is 160 Å². The minimum Gasteiger partial charge on any atom is -0.393 e. The zero-order valence-corrected chi connectivity index (χ0v) is 60.4. The van der Waals surface area contributed by atoms with Gasteiger partial charge in [-0.1, -0.05) is 86.4 Å². The summed E-state index contributed by atoms with van der Waals surface area (Å²) in [5, 5.41) is 22.3. The largest absolute Gasteiger partial charge is 0.393 e. The van der Waals surface area contributed by atoms with Gasteiger partial charge < -0.3 is 38.6 Å². The Morgan fingerprint density at radius 2 is 0.792 bits per heavy atom. The summed E-state index contributed by atoms with van der Waals surface area (Å²) in [5.41, 5.74) is 8.20. The molecule has 19 rings (SSSR count). The lowest BCUT2D eigenvalue weighted by Gasteiger charge is -2.59. The fourth-order valence-electron chi connectivity index (χ4n) is 29.6. The molecule has 15 fully saturated rings. The molecule has 10 nitrogen and oxygen atoms in total. The molecule has 22 atom stereocenters. The molecule has 0 aromatic rings. The number of carbonyl (C=O) groups is 2. The number of allylic oxidation sites excluding steroid dienone is 9. The van der Waals surface area contributed by atoms with E-state index in [-0.39, 0.29) is 39.7 Å². The van der Waals surface area contributed by atoms with Crippen LogP contribution in [0.4, 0.5) is 0 Å². The number of ether oxygens (including phenoxy) is 6. The number of ketones is 2. The summed E-state index contributed by atoms with van der Waals surface area (Å²) in [6.07, 6.45) is 54.6. The first-order valence-corrected chi connectivity index (χ1v) is 41.5. The van der Waals surface area contributed by atoms with E-state index in [0.29, 0.717) is 89.0 Å². The van der Waals surface area contributed by atoms with Crippen LogP contribution in [0.15, 0.2) is 58.7 Å². The Bertz CT molecular complexity index is 2890. The fourth-order valence-corrected chi connectivity index (χ4v) is 29.6. The topological polar surface area (TPSA) is 130 Å². The molecule has 0 bridgehead atoms. The van der Waals surface area contributed by atoms with Crippen molar-refractivity contribution >= 4 is 11.6 Å². The Morgan fingerprint density at radius 1 is 0.406 bits per heavy atom. The maximum atomic E-state index is 13.5. The lowest BCUT2D eigenvalue weighted by molar-refractivity contribution is -0.333. The first kappa shape index (κ1) is 68.2. The van der Waals surface area contributed by atoms with Crippen molar-refractivity contribution in [1.29, 1.82) is 0 Å². The van der Waals surface area contributed by atoms with Gasteiger partial charge in [-0.3, -0.25) is 9.59 Å². The highest BCUT2D eigenvalue weighted by Gasteiger charge is 2.72. The van der Waals surface area contributed by atoms with E-state index in [0.717, 1.165) is 153 Å². The Balaban J connectivity index is 0.000000101. The van der Waals surface area contributed by atoms with Gasteiger partial charge >= 0.3 is 0 Å². The van der Waals surface area contributed by atoms with E-state index in [4.69, 9.17) is 28.4 Å². The van der Waals surface area contributed by atoms with E-state index in [2.05, 4.69) is 58.6 Å². The minimum atomic E-state index is -0.464. The third-order valence-electron chi connectivity index (χ3n) is 33.3. The first-order chi connectivity index (χ1) is 46.8. The zero-order valence-electron chi connectivity index (χ0n) is 60.4. The van der Waals surface area contributed by atoms with Gasteiger partial charge in [-0.15, -0.1) is 0 Å². The molecular weight excluding hydrogens is 1190 g/mol. The summed E-state index contributed by atoms with van der Waals surface area (Å²) in [4.78, 5) is 26.0. The molecule has 0 aromatic heterocycles. The molecule has 96 heavy (non-hydrogen) atoms. The van der Waals surface area contributed by atoms with Gasteiger partial charge in [-0.05, 0) is 307 Å². The minimum absolute atomic E-state index is 0.0316. The molecule has 2 N–H and O–H groups in total. The number of hydrogen-bond acceptors (Lipinski definition) is 10. The molecule has 532 valence electrons. The van der Waals surface area contributed by atoms with Gasteiger partial charge in [0.2, 0.25) is 0 Å². The van der Waals surface area contributed by atoms with Gasteiger partial charge in [-0.25, -0.2) is 0 Å². The summed E-state index contributed by atoms with van der Waals surface area (Å²) in [7, 11) is 0. The number of carbonyl (C=O) groups excluding carboxylic acids is 2. The van der Waals surface area contributed by atoms with E-state index in [9.17, 15) is 19.8 Å². The van der Waals surface area contributed by atoms with Gasteiger partial charge in [0.05, 0.1) is 51.8 Å². The fraction of sp³-hybridized carbons (Fsp3) is 0.860. The van der Waals surface area contributed by atoms with E-state index >= 15 is 0 Å². The van der Waals surface area contributed by atoms with Crippen LogP contribution in [-0.2, 0) is 38.0 Å². The van der Waals surface area contributed by atoms with Gasteiger partial charge in [0.15, 0.2) is 17.4 Å². The van der Waals surface area contributed by atoms with Crippen LogP contribution >= 0.6 is 0 Å². The third-order valence-corrected chi connectivity index (χ3v) is 33.3. The van der Waals surface area contributed by atoms with E-state index < -0.39 is 11.6 Å². The Kier molecular flexibility index (Phi) is 19.2. The van der Waals surface area contributed by atoms with Crippen molar-refractivity contribution in [1.82, 2.24) is 0 Å². The number of rotatable bonds is 4. The Hall–Kier alpha value is -2.28. The molecule has 19 aliphatic rings. The van der Waals surface area contributed by atoms with Crippen molar-refractivity contribution in [2.45, 2.75) is 308 Å². The van der Waals surface area contributed by atoms with E-state index in [1.54, 1.807) is 22.3 Å². The highest BCUT2D eigenvalue weighted by atomic mass is 16.7. The molecule has 0 radical (unpaired) electrons. The van der Waals surface area contributed by atoms with Crippen LogP contribution in [0, 0.1) is 116 Å². The average molecular weight is 1320 g/mol. The van der Waals surface area contributed by atoms with Gasteiger partial charge in [0, 0.05) is 59.7 Å². The second-order valence-corrected chi connectivity index (χ2v) is 35.8. The molecule has 3 aliphatic heterocycles. The van der Waals surface area contributed by atoms with Crippen LogP contribution in [0.25, 0.3) is 0 Å². The molecule has 3 heterocycles. The molecule has 0 aromatic carbocycles. The number of hydrogen-bond donors (Lipinski definition) is 2. The predicted molar refractivity (Wildman–Crippen MR) is 376 cm³/mol. The summed E-state index contributed by atoms with van der Waals surface area (Å²) < 4.78 is 38.3. The molecule has 3 spiro atoms. The van der Waals surface area contributed by atoms with Crippen molar-refractivity contribution in [2.75, 3.05) is 39.6 Å². The van der Waals surface area contributed by atoms with Crippen molar-refractivity contribution in [2.24, 2.45) is 116 Å². The van der Waals surface area contributed by atoms with Crippen molar-refractivity contribution in [3.63, 3.8) is 0 Å². The quantitative estimate of drug-likeness (QED) is 0.262. The predicted octanol–water partition coefficient (Wildman–Crippen LogP) is 18.6. The lowest BCUT2D eigenvalue weighted by Crippen LogP contribution is -2.61.